The maximum absolute atomic E-state index is 13.7. The second-order valence-corrected chi connectivity index (χ2v) is 9.25. The maximum Gasteiger partial charge on any atom is 0.357 e. The summed E-state index contributed by atoms with van der Waals surface area (Å²) in [6.45, 7) is 7.43. The molecule has 0 saturated heterocycles. The molecule has 0 aromatic heterocycles. The molecule has 0 saturated carbocycles. The summed E-state index contributed by atoms with van der Waals surface area (Å²) in [5.74, 6) is -0.604. The highest BCUT2D eigenvalue weighted by Gasteiger charge is 2.39. The Labute approximate surface area is 158 Å². The van der Waals surface area contributed by atoms with Crippen LogP contribution in [0.3, 0.4) is 0 Å². The molecule has 6 heteroatoms. The molecule has 2 aromatic carbocycles. The first-order chi connectivity index (χ1) is 11.8. The van der Waals surface area contributed by atoms with Crippen LogP contribution in [0.1, 0.15) is 39.0 Å². The topological polar surface area (TPSA) is 47.6 Å². The summed E-state index contributed by atoms with van der Waals surface area (Å²) in [5.41, 5.74) is 1.70. The third-order valence-corrected chi connectivity index (χ3v) is 6.31. The van der Waals surface area contributed by atoms with Gasteiger partial charge in [0.05, 0.1) is 12.2 Å². The zero-order chi connectivity index (χ0) is 18.4. The molecule has 0 amide bonds. The van der Waals surface area contributed by atoms with E-state index < -0.39 is 13.4 Å². The van der Waals surface area contributed by atoms with Gasteiger partial charge in [-0.15, -0.1) is 0 Å². The van der Waals surface area contributed by atoms with Crippen molar-refractivity contribution in [2.45, 2.75) is 45.7 Å². The minimum atomic E-state index is -3.47. The second kappa shape index (κ2) is 9.00. The second-order valence-electron chi connectivity index (χ2n) is 6.31. The molecule has 1 N–H and O–H groups in total. The van der Waals surface area contributed by atoms with Gasteiger partial charge < -0.3 is 14.4 Å². The number of hydrogen-bond donors (Lipinski definition) is 1. The van der Waals surface area contributed by atoms with Gasteiger partial charge in [0.1, 0.15) is 0 Å². The summed E-state index contributed by atoms with van der Waals surface area (Å²) in [7, 11) is -3.47. The first-order valence-corrected chi connectivity index (χ1v) is 10.7. The van der Waals surface area contributed by atoms with Crippen molar-refractivity contribution in [2.75, 3.05) is 5.32 Å². The Kier molecular flexibility index (Phi) is 7.26. The van der Waals surface area contributed by atoms with Crippen LogP contribution in [-0.4, -0.2) is 12.2 Å². The van der Waals surface area contributed by atoms with Gasteiger partial charge in [-0.1, -0.05) is 46.3 Å². The molecule has 0 heterocycles. The molecule has 25 heavy (non-hydrogen) atoms. The Morgan fingerprint density at radius 2 is 1.40 bits per heavy atom. The van der Waals surface area contributed by atoms with Gasteiger partial charge in [-0.25, -0.2) is 0 Å². The predicted molar refractivity (Wildman–Crippen MR) is 107 cm³/mol. The minimum absolute atomic E-state index is 0.222. The summed E-state index contributed by atoms with van der Waals surface area (Å²) >= 11 is 3.44. The molecule has 1 atom stereocenters. The van der Waals surface area contributed by atoms with Gasteiger partial charge in [-0.05, 0) is 57.5 Å². The van der Waals surface area contributed by atoms with Gasteiger partial charge in [0, 0.05) is 10.2 Å². The smallest absolute Gasteiger partial charge is 0.357 e. The lowest BCUT2D eigenvalue weighted by Crippen LogP contribution is -2.19. The van der Waals surface area contributed by atoms with Gasteiger partial charge in [0.15, 0.2) is 5.78 Å². The zero-order valence-corrected chi connectivity index (χ0v) is 17.5. The normalized spacial score (nSPS) is 13.2. The molecule has 0 aliphatic heterocycles. The molecule has 0 fully saturated rings. The van der Waals surface area contributed by atoms with Crippen LogP contribution in [0.2, 0.25) is 0 Å². The number of hydrogen-bond acceptors (Lipinski definition) is 4. The summed E-state index contributed by atoms with van der Waals surface area (Å²) in [4.78, 5) is 0. The van der Waals surface area contributed by atoms with Gasteiger partial charge >= 0.3 is 7.60 Å². The number of anilines is 1. The number of rotatable bonds is 8. The fourth-order valence-electron chi connectivity index (χ4n) is 2.42. The number of nitrogens with one attached hydrogen (secondary N) is 1. The molecule has 136 valence electrons. The van der Waals surface area contributed by atoms with Crippen LogP contribution in [0.5, 0.6) is 0 Å². The van der Waals surface area contributed by atoms with E-state index in [4.69, 9.17) is 9.05 Å². The molecule has 0 radical (unpaired) electrons. The number of halogens is 1. The Morgan fingerprint density at radius 1 is 0.880 bits per heavy atom. The SMILES string of the molecule is CC(C)OP(=O)(OC(C)C)[C@H](Nc1ccccc1)c1ccc(Br)cc1. The highest BCUT2D eigenvalue weighted by molar-refractivity contribution is 9.10. The van der Waals surface area contributed by atoms with Crippen LogP contribution in [-0.2, 0) is 13.6 Å². The maximum atomic E-state index is 13.7. The van der Waals surface area contributed by atoms with E-state index in [1.165, 1.54) is 0 Å². The van der Waals surface area contributed by atoms with Crippen LogP contribution in [0.4, 0.5) is 5.69 Å². The quantitative estimate of drug-likeness (QED) is 0.483. The highest BCUT2D eigenvalue weighted by atomic mass is 79.9. The van der Waals surface area contributed by atoms with E-state index in [0.717, 1.165) is 15.7 Å². The van der Waals surface area contributed by atoms with E-state index in [1.807, 2.05) is 82.3 Å². The van der Waals surface area contributed by atoms with E-state index in [1.54, 1.807) is 0 Å². The summed E-state index contributed by atoms with van der Waals surface area (Å²) in [5, 5.41) is 3.34. The fourth-order valence-corrected chi connectivity index (χ4v) is 4.99. The van der Waals surface area contributed by atoms with E-state index in [0.29, 0.717) is 0 Å². The van der Waals surface area contributed by atoms with E-state index in [9.17, 15) is 4.57 Å². The van der Waals surface area contributed by atoms with Gasteiger partial charge in [0.2, 0.25) is 0 Å². The molecular weight excluding hydrogens is 401 g/mol. The van der Waals surface area contributed by atoms with E-state index >= 15 is 0 Å². The Balaban J connectivity index is 2.46. The van der Waals surface area contributed by atoms with E-state index in [2.05, 4.69) is 21.2 Å². The largest absolute Gasteiger partial charge is 0.368 e. The van der Waals surface area contributed by atoms with Crippen molar-refractivity contribution in [3.8, 4) is 0 Å². The minimum Gasteiger partial charge on any atom is -0.368 e. The first-order valence-electron chi connectivity index (χ1n) is 8.34. The molecule has 0 unspecified atom stereocenters. The monoisotopic (exact) mass is 425 g/mol. The third-order valence-electron chi connectivity index (χ3n) is 3.29. The van der Waals surface area contributed by atoms with Crippen LogP contribution in [0, 0.1) is 0 Å². The molecule has 0 bridgehead atoms. The lowest BCUT2D eigenvalue weighted by molar-refractivity contribution is 0.138. The van der Waals surface area contributed by atoms with Crippen LogP contribution in [0.25, 0.3) is 0 Å². The Hall–Kier alpha value is -1.13. The molecular formula is C19H25BrNO3P. The average molecular weight is 426 g/mol. The molecule has 2 rings (SSSR count). The predicted octanol–water partition coefficient (Wildman–Crippen LogP) is 6.60. The lowest BCUT2D eigenvalue weighted by atomic mass is 10.2. The zero-order valence-electron chi connectivity index (χ0n) is 15.0. The molecule has 0 spiro atoms. The molecule has 2 aromatic rings. The Morgan fingerprint density at radius 3 is 1.88 bits per heavy atom. The van der Waals surface area contributed by atoms with Gasteiger partial charge in [-0.2, -0.15) is 0 Å². The van der Waals surface area contributed by atoms with Crippen molar-refractivity contribution >= 4 is 29.2 Å². The van der Waals surface area contributed by atoms with Crippen molar-refractivity contribution in [2.24, 2.45) is 0 Å². The van der Waals surface area contributed by atoms with Crippen LogP contribution < -0.4 is 5.32 Å². The molecule has 4 nitrogen and oxygen atoms in total. The summed E-state index contributed by atoms with van der Waals surface area (Å²) in [6, 6.07) is 17.3. The Bertz CT molecular complexity index is 690. The highest BCUT2D eigenvalue weighted by Crippen LogP contribution is 2.62. The van der Waals surface area contributed by atoms with Gasteiger partial charge in [-0.3, -0.25) is 4.57 Å². The van der Waals surface area contributed by atoms with Crippen LogP contribution in [0.15, 0.2) is 59.1 Å². The number of para-hydroxylation sites is 1. The lowest BCUT2D eigenvalue weighted by Gasteiger charge is -2.31. The summed E-state index contributed by atoms with van der Waals surface area (Å²) in [6.07, 6.45) is -0.444. The summed E-state index contributed by atoms with van der Waals surface area (Å²) < 4.78 is 26.3. The molecule has 0 aliphatic carbocycles. The first kappa shape index (κ1) is 20.2. The van der Waals surface area contributed by atoms with Crippen LogP contribution >= 0.6 is 23.5 Å². The standard InChI is InChI=1S/C19H25BrNO3P/c1-14(2)23-25(22,24-15(3)4)19(16-10-12-17(20)13-11-16)21-18-8-6-5-7-9-18/h5-15,19,21H,1-4H3/t19-/m0/s1. The third kappa shape index (κ3) is 5.96. The van der Waals surface area contributed by atoms with Crippen molar-refractivity contribution in [3.05, 3.63) is 64.6 Å². The average Bonchev–Trinajstić information content (AvgIpc) is 2.53. The number of benzene rings is 2. The molecule has 0 aliphatic rings. The van der Waals surface area contributed by atoms with Gasteiger partial charge in [0.25, 0.3) is 0 Å². The van der Waals surface area contributed by atoms with Crippen molar-refractivity contribution in [1.82, 2.24) is 0 Å². The van der Waals surface area contributed by atoms with Crippen molar-refractivity contribution in [3.63, 3.8) is 0 Å². The van der Waals surface area contributed by atoms with Crippen molar-refractivity contribution < 1.29 is 13.6 Å². The van der Waals surface area contributed by atoms with Crippen molar-refractivity contribution in [1.29, 1.82) is 0 Å². The fraction of sp³-hybridized carbons (Fsp3) is 0.368. The van der Waals surface area contributed by atoms with E-state index in [-0.39, 0.29) is 12.2 Å².